The minimum Gasteiger partial charge on any atom is -0.455 e. The first-order chi connectivity index (χ1) is 14.4. The molecule has 2 atom stereocenters. The summed E-state index contributed by atoms with van der Waals surface area (Å²) in [6.07, 6.45) is 5.28. The Balaban J connectivity index is 1.31. The number of hydrogen-bond acceptors (Lipinski definition) is 7. The zero-order chi connectivity index (χ0) is 21.3. The van der Waals surface area contributed by atoms with Gasteiger partial charge in [-0.2, -0.15) is 0 Å². The number of thioether (sulfide) groups is 2. The van der Waals surface area contributed by atoms with Crippen LogP contribution in [-0.2, 0) is 14.3 Å². The number of hydrogen-bond donors (Lipinski definition) is 1. The van der Waals surface area contributed by atoms with Gasteiger partial charge in [0.05, 0.1) is 14.9 Å². The van der Waals surface area contributed by atoms with E-state index in [9.17, 15) is 19.7 Å². The van der Waals surface area contributed by atoms with Crippen molar-refractivity contribution in [1.82, 2.24) is 0 Å². The Morgan fingerprint density at radius 2 is 1.90 bits per heavy atom. The highest BCUT2D eigenvalue weighted by Gasteiger charge is 2.55. The molecule has 1 spiro atoms. The van der Waals surface area contributed by atoms with Crippen molar-refractivity contribution in [3.63, 3.8) is 0 Å². The molecule has 9 heteroatoms. The molecule has 4 rings (SSSR count). The van der Waals surface area contributed by atoms with Gasteiger partial charge in [0.2, 0.25) is 0 Å². The van der Waals surface area contributed by atoms with Crippen LogP contribution in [0.2, 0.25) is 0 Å². The molecular weight excluding hydrogens is 424 g/mol. The highest BCUT2D eigenvalue weighted by atomic mass is 32.2. The molecule has 1 aliphatic heterocycles. The average Bonchev–Trinajstić information content (AvgIpc) is 3.16. The van der Waals surface area contributed by atoms with Crippen molar-refractivity contribution in [1.29, 1.82) is 0 Å². The molecule has 30 heavy (non-hydrogen) atoms. The van der Waals surface area contributed by atoms with Gasteiger partial charge in [-0.15, -0.1) is 23.5 Å². The van der Waals surface area contributed by atoms with Crippen molar-refractivity contribution in [2.45, 2.75) is 43.1 Å². The molecular formula is C21H26N2O5S2. The second kappa shape index (κ2) is 8.78. The maximum atomic E-state index is 12.7. The van der Waals surface area contributed by atoms with Crippen LogP contribution in [0.15, 0.2) is 18.2 Å². The van der Waals surface area contributed by atoms with Gasteiger partial charge < -0.3 is 10.1 Å². The van der Waals surface area contributed by atoms with Crippen molar-refractivity contribution >= 4 is 46.8 Å². The fraction of sp³-hybridized carbons (Fsp3) is 0.619. The molecule has 0 aromatic heterocycles. The standard InChI is InChI=1S/C21H26N2O5S2/c1-13-5-6-17(11-18(13)23(26)27)22-19(24)12-28-20(25)14-9-15-3-2-4-16(10-14)21(15)29-7-8-30-21/h5-6,11,14-16H,2-4,7-10,12H2,1H3,(H,22,24). The van der Waals surface area contributed by atoms with E-state index in [0.29, 0.717) is 27.2 Å². The van der Waals surface area contributed by atoms with E-state index in [-0.39, 0.29) is 24.2 Å². The molecule has 2 saturated carbocycles. The number of carbonyl (C=O) groups excluding carboxylic acids is 2. The van der Waals surface area contributed by atoms with Crippen LogP contribution in [-0.4, -0.2) is 39.0 Å². The van der Waals surface area contributed by atoms with Crippen LogP contribution in [0.3, 0.4) is 0 Å². The quantitative estimate of drug-likeness (QED) is 0.403. The molecule has 1 amide bonds. The molecule has 2 aliphatic carbocycles. The Kier molecular flexibility index (Phi) is 6.29. The Morgan fingerprint density at radius 3 is 2.53 bits per heavy atom. The van der Waals surface area contributed by atoms with Crippen molar-refractivity contribution in [3.8, 4) is 0 Å². The third-order valence-corrected chi connectivity index (χ3v) is 10.5. The zero-order valence-electron chi connectivity index (χ0n) is 16.9. The van der Waals surface area contributed by atoms with Gasteiger partial charge in [0.1, 0.15) is 0 Å². The molecule has 162 valence electrons. The van der Waals surface area contributed by atoms with Gasteiger partial charge in [0.25, 0.3) is 11.6 Å². The minimum absolute atomic E-state index is 0.0601. The first-order valence-corrected chi connectivity index (χ1v) is 12.4. The zero-order valence-corrected chi connectivity index (χ0v) is 18.6. The Morgan fingerprint density at radius 1 is 1.23 bits per heavy atom. The highest BCUT2D eigenvalue weighted by molar-refractivity contribution is 8.21. The van der Waals surface area contributed by atoms with Crippen molar-refractivity contribution in [2.75, 3.05) is 23.4 Å². The lowest BCUT2D eigenvalue weighted by Crippen LogP contribution is -2.48. The van der Waals surface area contributed by atoms with E-state index in [1.165, 1.54) is 36.8 Å². The topological polar surface area (TPSA) is 98.5 Å². The van der Waals surface area contributed by atoms with Crippen LogP contribution in [0, 0.1) is 34.8 Å². The molecule has 3 aliphatic rings. The molecule has 3 fully saturated rings. The molecule has 1 aromatic rings. The van der Waals surface area contributed by atoms with Crippen molar-refractivity contribution < 1.29 is 19.2 Å². The lowest BCUT2D eigenvalue weighted by molar-refractivity contribution is -0.385. The third-order valence-electron chi connectivity index (χ3n) is 6.49. The van der Waals surface area contributed by atoms with Gasteiger partial charge >= 0.3 is 5.97 Å². The Hall–Kier alpha value is -1.74. The van der Waals surface area contributed by atoms with Gasteiger partial charge in [0, 0.05) is 28.8 Å². The predicted molar refractivity (Wildman–Crippen MR) is 119 cm³/mol. The molecule has 1 heterocycles. The lowest BCUT2D eigenvalue weighted by Gasteiger charge is -2.51. The van der Waals surface area contributed by atoms with E-state index in [2.05, 4.69) is 28.8 Å². The van der Waals surface area contributed by atoms with Crippen LogP contribution >= 0.6 is 23.5 Å². The number of nitro benzene ring substituents is 1. The highest BCUT2D eigenvalue weighted by Crippen LogP contribution is 2.64. The summed E-state index contributed by atoms with van der Waals surface area (Å²) in [6, 6.07) is 4.49. The number of nitrogens with one attached hydrogen (secondary N) is 1. The fourth-order valence-electron chi connectivity index (χ4n) is 5.14. The van der Waals surface area contributed by atoms with Crippen LogP contribution in [0.25, 0.3) is 0 Å². The van der Waals surface area contributed by atoms with Crippen molar-refractivity contribution in [3.05, 3.63) is 33.9 Å². The van der Waals surface area contributed by atoms with E-state index in [1.54, 1.807) is 19.1 Å². The van der Waals surface area contributed by atoms with E-state index in [0.717, 1.165) is 12.8 Å². The molecule has 2 bridgehead atoms. The van der Waals surface area contributed by atoms with Crippen LogP contribution in [0.5, 0.6) is 0 Å². The second-order valence-electron chi connectivity index (χ2n) is 8.33. The summed E-state index contributed by atoms with van der Waals surface area (Å²) in [4.78, 5) is 35.4. The van der Waals surface area contributed by atoms with Gasteiger partial charge in [-0.1, -0.05) is 12.5 Å². The first kappa shape index (κ1) is 21.5. The summed E-state index contributed by atoms with van der Waals surface area (Å²) in [5, 5.41) is 13.6. The van der Waals surface area contributed by atoms with Crippen LogP contribution in [0.4, 0.5) is 11.4 Å². The average molecular weight is 451 g/mol. The number of aryl methyl sites for hydroxylation is 1. The molecule has 2 unspecified atom stereocenters. The molecule has 1 N–H and O–H groups in total. The maximum Gasteiger partial charge on any atom is 0.309 e. The van der Waals surface area contributed by atoms with E-state index in [1.807, 2.05) is 0 Å². The van der Waals surface area contributed by atoms with Crippen molar-refractivity contribution in [2.24, 2.45) is 17.8 Å². The summed E-state index contributed by atoms with van der Waals surface area (Å²) in [6.45, 7) is 1.26. The molecule has 0 radical (unpaired) electrons. The van der Waals surface area contributed by atoms with E-state index >= 15 is 0 Å². The van der Waals surface area contributed by atoms with E-state index in [4.69, 9.17) is 4.74 Å². The van der Waals surface area contributed by atoms with Gasteiger partial charge in [-0.3, -0.25) is 19.7 Å². The van der Waals surface area contributed by atoms with Gasteiger partial charge in [0.15, 0.2) is 6.61 Å². The number of rotatable bonds is 5. The number of carbonyl (C=O) groups is 2. The Bertz CT molecular complexity index is 840. The molecule has 7 nitrogen and oxygen atoms in total. The fourth-order valence-corrected chi connectivity index (χ4v) is 9.07. The van der Waals surface area contributed by atoms with E-state index < -0.39 is 10.8 Å². The predicted octanol–water partition coefficient (Wildman–Crippen LogP) is 4.39. The van der Waals surface area contributed by atoms with Gasteiger partial charge in [-0.05, 0) is 50.5 Å². The summed E-state index contributed by atoms with van der Waals surface area (Å²) in [7, 11) is 0. The maximum absolute atomic E-state index is 12.7. The SMILES string of the molecule is Cc1ccc(NC(=O)COC(=O)C2CC3CCCC(C2)C32SCCS2)cc1[N+](=O)[O-]. The monoisotopic (exact) mass is 450 g/mol. The third kappa shape index (κ3) is 4.19. The number of nitro groups is 1. The van der Waals surface area contributed by atoms with Crippen LogP contribution in [0.1, 0.15) is 37.7 Å². The summed E-state index contributed by atoms with van der Waals surface area (Å²) in [5.74, 6) is 2.56. The largest absolute Gasteiger partial charge is 0.455 e. The number of esters is 1. The molecule has 1 aromatic carbocycles. The lowest BCUT2D eigenvalue weighted by atomic mass is 9.67. The number of anilines is 1. The number of benzene rings is 1. The first-order valence-electron chi connectivity index (χ1n) is 10.4. The molecule has 1 saturated heterocycles. The number of nitrogens with zero attached hydrogens (tertiary/aromatic N) is 1. The summed E-state index contributed by atoms with van der Waals surface area (Å²) < 4.78 is 5.63. The Labute approximate surface area is 184 Å². The normalized spacial score (nSPS) is 26.9. The number of ether oxygens (including phenoxy) is 1. The second-order valence-corrected chi connectivity index (χ2v) is 11.3. The minimum atomic E-state index is -0.490. The summed E-state index contributed by atoms with van der Waals surface area (Å²) >= 11 is 4.19. The van der Waals surface area contributed by atoms with Crippen LogP contribution < -0.4 is 5.32 Å². The number of amides is 1. The smallest absolute Gasteiger partial charge is 0.309 e. The van der Waals surface area contributed by atoms with Gasteiger partial charge in [-0.25, -0.2) is 0 Å². The summed E-state index contributed by atoms with van der Waals surface area (Å²) in [5.41, 5.74) is 0.775.